The molecule has 0 fully saturated rings. The van der Waals surface area contributed by atoms with Crippen LogP contribution >= 0.6 is 0 Å². The first-order valence-electron chi connectivity index (χ1n) is 6.31. The van der Waals surface area contributed by atoms with E-state index >= 15 is 0 Å². The number of carbonyl (C=O) groups is 1. The fraction of sp³-hybridized carbons (Fsp3) is 0.923. The van der Waals surface area contributed by atoms with Gasteiger partial charge in [-0.1, -0.05) is 19.8 Å². The predicted molar refractivity (Wildman–Crippen MR) is 67.1 cm³/mol. The van der Waals surface area contributed by atoms with E-state index < -0.39 is 0 Å². The zero-order valence-corrected chi connectivity index (χ0v) is 11.2. The van der Waals surface area contributed by atoms with Crippen molar-refractivity contribution in [3.63, 3.8) is 0 Å². The van der Waals surface area contributed by atoms with Crippen LogP contribution in [0.1, 0.15) is 59.8 Å². The van der Waals surface area contributed by atoms with E-state index in [-0.39, 0.29) is 11.6 Å². The molecule has 0 aliphatic heterocycles. The lowest BCUT2D eigenvalue weighted by Crippen LogP contribution is -2.24. The van der Waals surface area contributed by atoms with Crippen LogP contribution in [0.2, 0.25) is 0 Å². The SMILES string of the molecule is CCCC(CCN)CCC(=O)OC(C)(C)C. The van der Waals surface area contributed by atoms with Crippen LogP contribution in [0.5, 0.6) is 0 Å². The summed E-state index contributed by atoms with van der Waals surface area (Å²) in [7, 11) is 0. The standard InChI is InChI=1S/C13H27NO2/c1-5-6-11(9-10-14)7-8-12(15)16-13(2,3)4/h11H,5-10,14H2,1-4H3. The summed E-state index contributed by atoms with van der Waals surface area (Å²) < 4.78 is 5.27. The van der Waals surface area contributed by atoms with Crippen molar-refractivity contribution in [3.05, 3.63) is 0 Å². The summed E-state index contributed by atoms with van der Waals surface area (Å²) in [6.07, 6.45) is 4.73. The molecule has 0 aliphatic carbocycles. The zero-order chi connectivity index (χ0) is 12.6. The average Bonchev–Trinajstić information content (AvgIpc) is 2.12. The molecule has 0 heterocycles. The predicted octanol–water partition coefficient (Wildman–Crippen LogP) is 2.87. The lowest BCUT2D eigenvalue weighted by molar-refractivity contribution is -0.155. The van der Waals surface area contributed by atoms with Gasteiger partial charge >= 0.3 is 5.97 Å². The van der Waals surface area contributed by atoms with Crippen LogP contribution in [0.15, 0.2) is 0 Å². The molecule has 0 saturated carbocycles. The van der Waals surface area contributed by atoms with E-state index in [4.69, 9.17) is 10.5 Å². The third-order valence-electron chi connectivity index (χ3n) is 2.45. The smallest absolute Gasteiger partial charge is 0.306 e. The fourth-order valence-electron chi connectivity index (χ4n) is 1.79. The van der Waals surface area contributed by atoms with Crippen molar-refractivity contribution in [3.8, 4) is 0 Å². The maximum atomic E-state index is 11.5. The summed E-state index contributed by atoms with van der Waals surface area (Å²) in [6.45, 7) is 8.56. The molecule has 0 aromatic heterocycles. The van der Waals surface area contributed by atoms with Crippen LogP contribution in [-0.4, -0.2) is 18.1 Å². The Hall–Kier alpha value is -0.570. The molecule has 1 unspecified atom stereocenters. The van der Waals surface area contributed by atoms with Gasteiger partial charge in [0.2, 0.25) is 0 Å². The molecule has 3 nitrogen and oxygen atoms in total. The van der Waals surface area contributed by atoms with Gasteiger partial charge in [0.15, 0.2) is 0 Å². The van der Waals surface area contributed by atoms with E-state index in [1.54, 1.807) is 0 Å². The highest BCUT2D eigenvalue weighted by Crippen LogP contribution is 2.18. The van der Waals surface area contributed by atoms with Crippen LogP contribution in [0.25, 0.3) is 0 Å². The Balaban J connectivity index is 3.86. The van der Waals surface area contributed by atoms with Crippen molar-refractivity contribution in [1.82, 2.24) is 0 Å². The number of hydrogen-bond acceptors (Lipinski definition) is 3. The number of rotatable bonds is 7. The Kier molecular flexibility index (Phi) is 7.39. The van der Waals surface area contributed by atoms with E-state index in [9.17, 15) is 4.79 Å². The van der Waals surface area contributed by atoms with Crippen LogP contribution < -0.4 is 5.73 Å². The number of carbonyl (C=O) groups excluding carboxylic acids is 1. The Bertz CT molecular complexity index is 191. The van der Waals surface area contributed by atoms with E-state index in [1.165, 1.54) is 0 Å². The van der Waals surface area contributed by atoms with Crippen LogP contribution in [0.4, 0.5) is 0 Å². The number of ether oxygens (including phenoxy) is 1. The maximum Gasteiger partial charge on any atom is 0.306 e. The van der Waals surface area contributed by atoms with E-state index in [1.807, 2.05) is 20.8 Å². The first-order chi connectivity index (χ1) is 7.39. The Morgan fingerprint density at radius 1 is 1.25 bits per heavy atom. The van der Waals surface area contributed by atoms with Gasteiger partial charge in [0.05, 0.1) is 0 Å². The molecule has 2 N–H and O–H groups in total. The minimum atomic E-state index is -0.370. The Labute approximate surface area is 99.7 Å². The van der Waals surface area contributed by atoms with Gasteiger partial charge < -0.3 is 10.5 Å². The largest absolute Gasteiger partial charge is 0.460 e. The fourth-order valence-corrected chi connectivity index (χ4v) is 1.79. The molecule has 0 aliphatic rings. The molecule has 16 heavy (non-hydrogen) atoms. The van der Waals surface area contributed by atoms with Crippen molar-refractivity contribution in [2.45, 2.75) is 65.4 Å². The zero-order valence-electron chi connectivity index (χ0n) is 11.2. The monoisotopic (exact) mass is 229 g/mol. The molecule has 0 aromatic rings. The molecule has 0 spiro atoms. The van der Waals surface area contributed by atoms with Gasteiger partial charge in [-0.2, -0.15) is 0 Å². The van der Waals surface area contributed by atoms with Gasteiger partial charge in [0, 0.05) is 6.42 Å². The quantitative estimate of drug-likeness (QED) is 0.683. The molecule has 0 radical (unpaired) electrons. The minimum absolute atomic E-state index is 0.0920. The Morgan fingerprint density at radius 2 is 1.88 bits per heavy atom. The second kappa shape index (κ2) is 7.66. The normalized spacial score (nSPS) is 13.6. The molecule has 0 bridgehead atoms. The van der Waals surface area contributed by atoms with Crippen molar-refractivity contribution in [2.24, 2.45) is 11.7 Å². The number of esters is 1. The van der Waals surface area contributed by atoms with Gasteiger partial charge in [-0.05, 0) is 46.1 Å². The molecule has 0 saturated heterocycles. The maximum absolute atomic E-state index is 11.5. The van der Waals surface area contributed by atoms with Gasteiger partial charge in [-0.3, -0.25) is 4.79 Å². The summed E-state index contributed by atoms with van der Waals surface area (Å²) in [5, 5.41) is 0. The van der Waals surface area contributed by atoms with Crippen molar-refractivity contribution < 1.29 is 9.53 Å². The summed E-state index contributed by atoms with van der Waals surface area (Å²) in [5.41, 5.74) is 5.18. The van der Waals surface area contributed by atoms with E-state index in [2.05, 4.69) is 6.92 Å². The van der Waals surface area contributed by atoms with Crippen LogP contribution in [0, 0.1) is 5.92 Å². The highest BCUT2D eigenvalue weighted by Gasteiger charge is 2.17. The second-order valence-corrected chi connectivity index (χ2v) is 5.36. The van der Waals surface area contributed by atoms with E-state index in [0.29, 0.717) is 18.9 Å². The first-order valence-corrected chi connectivity index (χ1v) is 6.31. The number of hydrogen-bond donors (Lipinski definition) is 1. The van der Waals surface area contributed by atoms with Gasteiger partial charge in [-0.15, -0.1) is 0 Å². The highest BCUT2D eigenvalue weighted by atomic mass is 16.6. The summed E-state index contributed by atoms with van der Waals surface area (Å²) in [4.78, 5) is 11.5. The summed E-state index contributed by atoms with van der Waals surface area (Å²) in [5.74, 6) is 0.480. The lowest BCUT2D eigenvalue weighted by atomic mass is 9.94. The highest BCUT2D eigenvalue weighted by molar-refractivity contribution is 5.69. The molecule has 3 heteroatoms. The molecular formula is C13H27NO2. The topological polar surface area (TPSA) is 52.3 Å². The van der Waals surface area contributed by atoms with Crippen molar-refractivity contribution in [1.29, 1.82) is 0 Å². The third-order valence-corrected chi connectivity index (χ3v) is 2.45. The first kappa shape index (κ1) is 15.4. The Morgan fingerprint density at radius 3 is 2.31 bits per heavy atom. The molecule has 0 amide bonds. The average molecular weight is 229 g/mol. The molecule has 96 valence electrons. The van der Waals surface area contributed by atoms with Crippen LogP contribution in [-0.2, 0) is 9.53 Å². The van der Waals surface area contributed by atoms with Crippen molar-refractivity contribution >= 4 is 5.97 Å². The summed E-state index contributed by atoms with van der Waals surface area (Å²) >= 11 is 0. The molecular weight excluding hydrogens is 202 g/mol. The van der Waals surface area contributed by atoms with Gasteiger partial charge in [-0.25, -0.2) is 0 Å². The van der Waals surface area contributed by atoms with Crippen molar-refractivity contribution in [2.75, 3.05) is 6.54 Å². The number of nitrogens with two attached hydrogens (primary N) is 1. The van der Waals surface area contributed by atoms with Crippen LogP contribution in [0.3, 0.4) is 0 Å². The van der Waals surface area contributed by atoms with E-state index in [0.717, 1.165) is 25.7 Å². The third kappa shape index (κ3) is 8.72. The second-order valence-electron chi connectivity index (χ2n) is 5.36. The van der Waals surface area contributed by atoms with Gasteiger partial charge in [0.1, 0.15) is 5.60 Å². The lowest BCUT2D eigenvalue weighted by Gasteiger charge is -2.20. The molecule has 0 aromatic carbocycles. The summed E-state index contributed by atoms with van der Waals surface area (Å²) in [6, 6.07) is 0. The van der Waals surface area contributed by atoms with Gasteiger partial charge in [0.25, 0.3) is 0 Å². The minimum Gasteiger partial charge on any atom is -0.460 e. The molecule has 1 atom stereocenters. The molecule has 0 rings (SSSR count).